The lowest BCUT2D eigenvalue weighted by Gasteiger charge is -2.17. The Kier molecular flexibility index (Phi) is 4.41. The number of hydrazine groups is 1. The Bertz CT molecular complexity index is 2550. The predicted octanol–water partition coefficient (Wildman–Crippen LogP) is 9.07. The number of rotatable bonds is 2. The monoisotopic (exact) mass is 578 g/mol. The van der Waals surface area contributed by atoms with Crippen LogP contribution < -0.4 is 0 Å². The van der Waals surface area contributed by atoms with Crippen molar-refractivity contribution in [3.8, 4) is 0 Å². The summed E-state index contributed by atoms with van der Waals surface area (Å²) in [5.41, 5.74) is 7.13. The van der Waals surface area contributed by atoms with Crippen molar-refractivity contribution in [1.29, 1.82) is 0 Å². The van der Waals surface area contributed by atoms with Crippen LogP contribution in [0.3, 0.4) is 0 Å². The van der Waals surface area contributed by atoms with Gasteiger partial charge in [-0.15, -0.1) is 5.01 Å². The highest BCUT2D eigenvalue weighted by atomic mass is 16.0. The van der Waals surface area contributed by atoms with Gasteiger partial charge in [-0.1, -0.05) is 109 Å². The molecule has 1 fully saturated rings. The summed E-state index contributed by atoms with van der Waals surface area (Å²) in [5, 5.41) is 12.3. The molecule has 6 nitrogen and oxygen atoms in total. The van der Waals surface area contributed by atoms with Crippen molar-refractivity contribution in [2.75, 3.05) is 0 Å². The highest BCUT2D eigenvalue weighted by molar-refractivity contribution is 6.15. The Hall–Kier alpha value is -5.85. The third-order valence-corrected chi connectivity index (χ3v) is 9.80. The van der Waals surface area contributed by atoms with Crippen molar-refractivity contribution in [2.24, 2.45) is 4.99 Å². The summed E-state index contributed by atoms with van der Waals surface area (Å²) in [6, 6.07) is 52.4. The molecule has 0 bridgehead atoms. The minimum Gasteiger partial charge on any atom is -0.304 e. The number of benzene rings is 6. The van der Waals surface area contributed by atoms with Crippen LogP contribution in [0.4, 0.5) is 0 Å². The van der Waals surface area contributed by atoms with Gasteiger partial charge in [0.2, 0.25) is 18.5 Å². The van der Waals surface area contributed by atoms with E-state index in [4.69, 9.17) is 4.99 Å². The molecule has 0 radical (unpaired) electrons. The quantitative estimate of drug-likeness (QED) is 0.192. The van der Waals surface area contributed by atoms with E-state index in [0.29, 0.717) is 0 Å². The average molecular weight is 579 g/mol. The van der Waals surface area contributed by atoms with Gasteiger partial charge in [0.05, 0.1) is 33.1 Å². The molecule has 6 heteroatoms. The van der Waals surface area contributed by atoms with E-state index >= 15 is 0 Å². The van der Waals surface area contributed by atoms with Gasteiger partial charge in [-0.05, 0) is 36.4 Å². The second kappa shape index (κ2) is 8.40. The van der Waals surface area contributed by atoms with Crippen LogP contribution >= 0.6 is 0 Å². The minimum absolute atomic E-state index is 0.0489. The van der Waals surface area contributed by atoms with Crippen LogP contribution in [0.5, 0.6) is 0 Å². The van der Waals surface area contributed by atoms with E-state index in [1.165, 1.54) is 54.4 Å². The molecule has 0 amide bonds. The normalized spacial score (nSPS) is 19.4. The Balaban J connectivity index is 1.23. The summed E-state index contributed by atoms with van der Waals surface area (Å²) in [6.45, 7) is 0. The lowest BCUT2D eigenvalue weighted by atomic mass is 10.2. The first-order chi connectivity index (χ1) is 22.4. The number of hydrogen-bond donors (Lipinski definition) is 0. The van der Waals surface area contributed by atoms with Crippen molar-refractivity contribution in [3.05, 3.63) is 146 Å². The molecule has 6 aromatic carbocycles. The van der Waals surface area contributed by atoms with Gasteiger partial charge >= 0.3 is 0 Å². The van der Waals surface area contributed by atoms with Crippen molar-refractivity contribution < 1.29 is 0 Å². The molecule has 11 rings (SSSR count). The van der Waals surface area contributed by atoms with E-state index in [1.54, 1.807) is 0 Å². The van der Waals surface area contributed by atoms with Gasteiger partial charge in [0, 0.05) is 32.3 Å². The van der Waals surface area contributed by atoms with Crippen LogP contribution in [0, 0.1) is 0 Å². The van der Waals surface area contributed by atoms with Gasteiger partial charge in [-0.25, -0.2) is 10.0 Å². The third kappa shape index (κ3) is 2.94. The molecule has 212 valence electrons. The first-order valence-corrected chi connectivity index (χ1v) is 15.5. The molecule has 3 unspecified atom stereocenters. The van der Waals surface area contributed by atoms with E-state index < -0.39 is 0 Å². The van der Waals surface area contributed by atoms with Gasteiger partial charge in [-0.2, -0.15) is 0 Å². The molecule has 0 saturated carbocycles. The number of para-hydroxylation sites is 6. The molecule has 9 aromatic rings. The van der Waals surface area contributed by atoms with Gasteiger partial charge in [0.1, 0.15) is 0 Å². The summed E-state index contributed by atoms with van der Waals surface area (Å²) >= 11 is 0. The molecule has 2 aliphatic heterocycles. The summed E-state index contributed by atoms with van der Waals surface area (Å²) in [5.74, 6) is 0.936. The van der Waals surface area contributed by atoms with Gasteiger partial charge < -0.3 is 9.13 Å². The van der Waals surface area contributed by atoms with Crippen molar-refractivity contribution in [1.82, 2.24) is 23.7 Å². The van der Waals surface area contributed by atoms with Gasteiger partial charge in [0.25, 0.3) is 0 Å². The molecule has 0 aliphatic carbocycles. The van der Waals surface area contributed by atoms with E-state index in [-0.39, 0.29) is 12.6 Å². The van der Waals surface area contributed by atoms with Crippen molar-refractivity contribution in [3.63, 3.8) is 0 Å². The van der Waals surface area contributed by atoms with Crippen LogP contribution in [-0.2, 0) is 0 Å². The molecule has 0 spiro atoms. The fourth-order valence-electron chi connectivity index (χ4n) is 7.94. The zero-order valence-corrected chi connectivity index (χ0v) is 24.2. The second-order valence-electron chi connectivity index (χ2n) is 12.0. The number of hydrogen-bond acceptors (Lipinski definition) is 3. The van der Waals surface area contributed by atoms with E-state index in [1.807, 2.05) is 0 Å². The molecule has 45 heavy (non-hydrogen) atoms. The molecular weight excluding hydrogens is 552 g/mol. The third-order valence-electron chi connectivity index (χ3n) is 9.80. The molecule has 3 aromatic heterocycles. The van der Waals surface area contributed by atoms with Crippen LogP contribution in [0.15, 0.2) is 151 Å². The zero-order chi connectivity index (χ0) is 29.2. The highest BCUT2D eigenvalue weighted by Gasteiger charge is 2.60. The fourth-order valence-corrected chi connectivity index (χ4v) is 7.94. The van der Waals surface area contributed by atoms with E-state index in [0.717, 1.165) is 17.0 Å². The van der Waals surface area contributed by atoms with E-state index in [2.05, 4.69) is 169 Å². The predicted molar refractivity (Wildman–Crippen MR) is 183 cm³/mol. The summed E-state index contributed by atoms with van der Waals surface area (Å²) in [4.78, 5) is 5.61. The molecule has 1 saturated heterocycles. The Morgan fingerprint density at radius 2 is 0.711 bits per heavy atom. The number of fused-ring (bicyclic) bond motifs is 10. The highest BCUT2D eigenvalue weighted by Crippen LogP contribution is 2.53. The van der Waals surface area contributed by atoms with Gasteiger partial charge in [-0.3, -0.25) is 4.57 Å². The number of aliphatic imine (C=N–C) groups is 1. The Morgan fingerprint density at radius 1 is 0.378 bits per heavy atom. The molecule has 0 N–H and O–H groups in total. The zero-order valence-electron chi connectivity index (χ0n) is 24.2. The Morgan fingerprint density at radius 3 is 1.13 bits per heavy atom. The maximum Gasteiger partial charge on any atom is 0.227 e. The lowest BCUT2D eigenvalue weighted by molar-refractivity contribution is 0.260. The second-order valence-corrected chi connectivity index (χ2v) is 12.0. The van der Waals surface area contributed by atoms with Crippen LogP contribution in [0.1, 0.15) is 12.6 Å². The Labute approximate surface area is 257 Å². The van der Waals surface area contributed by atoms with Crippen LogP contribution in [0.2, 0.25) is 0 Å². The largest absolute Gasteiger partial charge is 0.304 e. The molecule has 2 aliphatic rings. The van der Waals surface area contributed by atoms with Crippen molar-refractivity contribution >= 4 is 71.4 Å². The summed E-state index contributed by atoms with van der Waals surface area (Å²) < 4.78 is 7.28. The number of aromatic nitrogens is 3. The standard InChI is InChI=1S/C39H26N6/c1-7-19-31-25(13-1)26-14-2-8-20-32(26)41(31)37-40-38(42-33-21-9-3-15-27(33)28-16-4-10-22-34(28)42)45-39(44(37)45)43-35-23-11-5-17-29(35)30-18-6-12-24-36(30)43/h1-24,37,39H. The van der Waals surface area contributed by atoms with Crippen LogP contribution in [-0.4, -0.2) is 29.7 Å². The van der Waals surface area contributed by atoms with Crippen LogP contribution in [0.25, 0.3) is 65.4 Å². The summed E-state index contributed by atoms with van der Waals surface area (Å²) in [7, 11) is 0. The molecule has 3 atom stereocenters. The fraction of sp³-hybridized carbons (Fsp3) is 0.0513. The number of nitrogens with zero attached hydrogens (tertiary/aromatic N) is 6. The molecule has 5 heterocycles. The van der Waals surface area contributed by atoms with Gasteiger partial charge in [0.15, 0.2) is 0 Å². The van der Waals surface area contributed by atoms with Crippen molar-refractivity contribution in [2.45, 2.75) is 12.6 Å². The SMILES string of the molecule is c1ccc2c(c1)c1ccccc1n2C1=NC(n2c3ccccc3c3ccccc32)N2C(n3c4ccccc4c4ccccc43)N12. The van der Waals surface area contributed by atoms with E-state index in [9.17, 15) is 0 Å². The average Bonchev–Trinajstić information content (AvgIpc) is 3.37. The maximum absolute atomic E-state index is 5.61. The first kappa shape index (κ1) is 23.6. The minimum atomic E-state index is -0.269. The lowest BCUT2D eigenvalue weighted by Crippen LogP contribution is -2.21. The first-order valence-electron chi connectivity index (χ1n) is 15.5. The maximum atomic E-state index is 5.61. The molecular formula is C39H26N6. The smallest absolute Gasteiger partial charge is 0.227 e. The topological polar surface area (TPSA) is 33.2 Å². The summed E-state index contributed by atoms with van der Waals surface area (Å²) in [6.07, 6.45) is -0.318.